The predicted molar refractivity (Wildman–Crippen MR) is 133 cm³/mol. The molecule has 0 bridgehead atoms. The Labute approximate surface area is 203 Å². The van der Waals surface area contributed by atoms with E-state index in [2.05, 4.69) is 21.2 Å². The molecule has 0 saturated carbocycles. The van der Waals surface area contributed by atoms with Gasteiger partial charge in [-0.1, -0.05) is 40.2 Å². The second-order valence-corrected chi connectivity index (χ2v) is 8.50. The van der Waals surface area contributed by atoms with Crippen LogP contribution in [0, 0.1) is 0 Å². The predicted octanol–water partition coefficient (Wildman–Crippen LogP) is 6.29. The van der Waals surface area contributed by atoms with Crippen molar-refractivity contribution in [2.75, 3.05) is 10.2 Å². The molecule has 0 aromatic heterocycles. The summed E-state index contributed by atoms with van der Waals surface area (Å²) in [5, 5.41) is 2.78. The van der Waals surface area contributed by atoms with Crippen molar-refractivity contribution in [2.45, 2.75) is 0 Å². The highest BCUT2D eigenvalue weighted by Gasteiger charge is 2.37. The highest BCUT2D eigenvalue weighted by Crippen LogP contribution is 2.33. The maximum Gasteiger partial charge on any atom is 0.266 e. The number of para-hydroxylation sites is 1. The van der Waals surface area contributed by atoms with Gasteiger partial charge in [-0.3, -0.25) is 14.4 Å². The van der Waals surface area contributed by atoms with Crippen LogP contribution >= 0.6 is 15.9 Å². The second-order valence-electron chi connectivity index (χ2n) is 7.58. The third kappa shape index (κ3) is 4.21. The molecule has 1 N–H and O–H groups in total. The van der Waals surface area contributed by atoms with E-state index in [1.807, 2.05) is 30.3 Å². The normalized spacial score (nSPS) is 12.4. The number of carbonyl (C=O) groups is 3. The number of benzene rings is 4. The number of carbonyl (C=O) groups excluding carboxylic acids is 3. The zero-order valence-electron chi connectivity index (χ0n) is 17.7. The number of amides is 3. The van der Waals surface area contributed by atoms with Crippen molar-refractivity contribution in [3.8, 4) is 11.5 Å². The number of nitrogens with zero attached hydrogens (tertiary/aromatic N) is 1. The molecule has 0 aliphatic carbocycles. The molecule has 7 heteroatoms. The summed E-state index contributed by atoms with van der Waals surface area (Å²) in [6, 6.07) is 27.6. The Morgan fingerprint density at radius 3 is 2.21 bits per heavy atom. The van der Waals surface area contributed by atoms with Gasteiger partial charge in [-0.25, -0.2) is 4.90 Å². The van der Waals surface area contributed by atoms with Gasteiger partial charge in [-0.05, 0) is 66.7 Å². The summed E-state index contributed by atoms with van der Waals surface area (Å²) < 4.78 is 6.70. The molecule has 1 aliphatic heterocycles. The van der Waals surface area contributed by atoms with E-state index in [0.29, 0.717) is 28.4 Å². The fraction of sp³-hybridized carbons (Fsp3) is 0. The van der Waals surface area contributed by atoms with Crippen LogP contribution < -0.4 is 15.0 Å². The Bertz CT molecular complexity index is 1420. The molecule has 3 amide bonds. The number of hydrogen-bond acceptors (Lipinski definition) is 4. The standard InChI is InChI=1S/C27H17BrN2O4/c28-18-11-9-17(10-12-18)25(31)29-19-13-14-23-24(15-19)27(33)30(26(23)32)20-5-4-8-22(16-20)34-21-6-2-1-3-7-21/h1-16H,(H,29,31). The minimum Gasteiger partial charge on any atom is -0.457 e. The van der Waals surface area contributed by atoms with Gasteiger partial charge in [0.2, 0.25) is 0 Å². The van der Waals surface area contributed by atoms with Crippen LogP contribution in [-0.4, -0.2) is 17.7 Å². The van der Waals surface area contributed by atoms with E-state index in [0.717, 1.165) is 9.37 Å². The zero-order chi connectivity index (χ0) is 23.7. The summed E-state index contributed by atoms with van der Waals surface area (Å²) in [4.78, 5) is 39.9. The average molecular weight is 513 g/mol. The fourth-order valence-corrected chi connectivity index (χ4v) is 3.93. The third-order valence-corrected chi connectivity index (χ3v) is 5.83. The second kappa shape index (κ2) is 8.96. The van der Waals surface area contributed by atoms with Gasteiger partial charge in [0.25, 0.3) is 17.7 Å². The Morgan fingerprint density at radius 2 is 1.44 bits per heavy atom. The Balaban J connectivity index is 1.38. The fourth-order valence-electron chi connectivity index (χ4n) is 3.67. The zero-order valence-corrected chi connectivity index (χ0v) is 19.3. The average Bonchev–Trinajstić information content (AvgIpc) is 3.09. The van der Waals surface area contributed by atoms with Crippen molar-refractivity contribution >= 4 is 45.0 Å². The number of rotatable bonds is 5. The van der Waals surface area contributed by atoms with Gasteiger partial charge in [0, 0.05) is 21.8 Å². The summed E-state index contributed by atoms with van der Waals surface area (Å²) in [7, 11) is 0. The lowest BCUT2D eigenvalue weighted by molar-refractivity contribution is 0.0924. The first-order valence-electron chi connectivity index (χ1n) is 10.4. The first-order chi connectivity index (χ1) is 16.5. The molecule has 34 heavy (non-hydrogen) atoms. The largest absolute Gasteiger partial charge is 0.457 e. The summed E-state index contributed by atoms with van der Waals surface area (Å²) in [5.74, 6) is -0.0537. The quantitative estimate of drug-likeness (QED) is 0.318. The molecule has 0 spiro atoms. The van der Waals surface area contributed by atoms with Crippen molar-refractivity contribution in [2.24, 2.45) is 0 Å². The number of fused-ring (bicyclic) bond motifs is 1. The number of ether oxygens (including phenoxy) is 1. The molecule has 5 rings (SSSR count). The summed E-state index contributed by atoms with van der Waals surface area (Å²) in [5.41, 5.74) is 1.81. The number of halogens is 1. The third-order valence-electron chi connectivity index (χ3n) is 5.31. The first kappa shape index (κ1) is 21.6. The van der Waals surface area contributed by atoms with E-state index in [1.54, 1.807) is 60.7 Å². The van der Waals surface area contributed by atoms with E-state index in [4.69, 9.17) is 4.74 Å². The minimum absolute atomic E-state index is 0.230. The lowest BCUT2D eigenvalue weighted by atomic mass is 10.1. The van der Waals surface area contributed by atoms with Gasteiger partial charge in [-0.2, -0.15) is 0 Å². The summed E-state index contributed by atoms with van der Waals surface area (Å²) in [6.07, 6.45) is 0. The maximum atomic E-state index is 13.2. The van der Waals surface area contributed by atoms with Gasteiger partial charge in [0.15, 0.2) is 0 Å². The lowest BCUT2D eigenvalue weighted by Gasteiger charge is -2.15. The Kier molecular flexibility index (Phi) is 5.69. The van der Waals surface area contributed by atoms with E-state index < -0.39 is 11.8 Å². The molecule has 166 valence electrons. The van der Waals surface area contributed by atoms with Gasteiger partial charge in [-0.15, -0.1) is 0 Å². The van der Waals surface area contributed by atoms with Crippen LogP contribution in [0.3, 0.4) is 0 Å². The summed E-state index contributed by atoms with van der Waals surface area (Å²) >= 11 is 3.34. The van der Waals surface area contributed by atoms with Gasteiger partial charge in [0.05, 0.1) is 16.8 Å². The molecular formula is C27H17BrN2O4. The van der Waals surface area contributed by atoms with Crippen molar-refractivity contribution < 1.29 is 19.1 Å². The van der Waals surface area contributed by atoms with Crippen LogP contribution in [0.25, 0.3) is 0 Å². The first-order valence-corrected chi connectivity index (χ1v) is 11.2. The highest BCUT2D eigenvalue weighted by molar-refractivity contribution is 9.10. The molecule has 4 aromatic carbocycles. The van der Waals surface area contributed by atoms with E-state index in [9.17, 15) is 14.4 Å². The molecule has 0 unspecified atom stereocenters. The van der Waals surface area contributed by atoms with Gasteiger partial charge >= 0.3 is 0 Å². The van der Waals surface area contributed by atoms with Crippen molar-refractivity contribution in [1.82, 2.24) is 0 Å². The van der Waals surface area contributed by atoms with E-state index in [-0.39, 0.29) is 17.0 Å². The van der Waals surface area contributed by atoms with Crippen LogP contribution in [0.1, 0.15) is 31.1 Å². The van der Waals surface area contributed by atoms with Crippen molar-refractivity contribution in [1.29, 1.82) is 0 Å². The topological polar surface area (TPSA) is 75.7 Å². The Hall–Kier alpha value is -4.23. The van der Waals surface area contributed by atoms with E-state index in [1.165, 1.54) is 6.07 Å². The molecule has 0 radical (unpaired) electrons. The molecule has 1 aliphatic rings. The van der Waals surface area contributed by atoms with Crippen molar-refractivity contribution in [3.05, 3.63) is 118 Å². The molecule has 0 saturated heterocycles. The molecule has 1 heterocycles. The Morgan fingerprint density at radius 1 is 0.735 bits per heavy atom. The summed E-state index contributed by atoms with van der Waals surface area (Å²) in [6.45, 7) is 0. The molecule has 4 aromatic rings. The number of imide groups is 1. The lowest BCUT2D eigenvalue weighted by Crippen LogP contribution is -2.29. The van der Waals surface area contributed by atoms with Crippen LogP contribution in [0.4, 0.5) is 11.4 Å². The SMILES string of the molecule is O=C(Nc1ccc2c(c1)C(=O)N(c1cccc(Oc3ccccc3)c1)C2=O)c1ccc(Br)cc1. The van der Waals surface area contributed by atoms with E-state index >= 15 is 0 Å². The number of anilines is 2. The van der Waals surface area contributed by atoms with Gasteiger partial charge in [0.1, 0.15) is 11.5 Å². The molecule has 6 nitrogen and oxygen atoms in total. The highest BCUT2D eigenvalue weighted by atomic mass is 79.9. The molecule has 0 fully saturated rings. The minimum atomic E-state index is -0.461. The van der Waals surface area contributed by atoms with Crippen molar-refractivity contribution in [3.63, 3.8) is 0 Å². The van der Waals surface area contributed by atoms with Crippen LogP contribution in [0.15, 0.2) is 102 Å². The number of hydrogen-bond donors (Lipinski definition) is 1. The van der Waals surface area contributed by atoms with Gasteiger partial charge < -0.3 is 10.1 Å². The maximum absolute atomic E-state index is 13.2. The number of nitrogens with one attached hydrogen (secondary N) is 1. The molecule has 0 atom stereocenters. The van der Waals surface area contributed by atoms with Crippen LogP contribution in [0.5, 0.6) is 11.5 Å². The van der Waals surface area contributed by atoms with Crippen LogP contribution in [-0.2, 0) is 0 Å². The monoisotopic (exact) mass is 512 g/mol. The van der Waals surface area contributed by atoms with Crippen LogP contribution in [0.2, 0.25) is 0 Å². The smallest absolute Gasteiger partial charge is 0.266 e. The molecular weight excluding hydrogens is 496 g/mol.